The van der Waals surface area contributed by atoms with Gasteiger partial charge < -0.3 is 9.64 Å². The number of fused-ring (bicyclic) bond motifs is 1. The minimum Gasteiger partial charge on any atom is -0.477 e. The third-order valence-electron chi connectivity index (χ3n) is 5.15. The Bertz CT molecular complexity index is 491. The van der Waals surface area contributed by atoms with Gasteiger partial charge in [-0.3, -0.25) is 5.32 Å². The molecule has 19 heavy (non-hydrogen) atoms. The molecule has 0 bridgehead atoms. The molecule has 0 aromatic heterocycles. The summed E-state index contributed by atoms with van der Waals surface area (Å²) in [6.07, 6.45) is 15.6. The van der Waals surface area contributed by atoms with Crippen LogP contribution < -0.4 is 5.32 Å². The van der Waals surface area contributed by atoms with Crippen molar-refractivity contribution in [1.29, 1.82) is 0 Å². The molecule has 0 amide bonds. The number of nitrogens with zero attached hydrogens (tertiary/aromatic N) is 1. The van der Waals surface area contributed by atoms with Gasteiger partial charge in [-0.05, 0) is 44.7 Å². The zero-order chi connectivity index (χ0) is 12.9. The van der Waals surface area contributed by atoms with Crippen LogP contribution in [0.1, 0.15) is 44.9 Å². The van der Waals surface area contributed by atoms with E-state index in [0.29, 0.717) is 0 Å². The van der Waals surface area contributed by atoms with E-state index in [9.17, 15) is 0 Å². The lowest BCUT2D eigenvalue weighted by atomic mass is 9.66. The van der Waals surface area contributed by atoms with E-state index >= 15 is 0 Å². The lowest BCUT2D eigenvalue weighted by Gasteiger charge is -2.42. The van der Waals surface area contributed by atoms with Crippen molar-refractivity contribution < 1.29 is 4.74 Å². The van der Waals surface area contributed by atoms with E-state index in [1.54, 1.807) is 5.57 Å². The highest BCUT2D eigenvalue weighted by atomic mass is 16.5. The van der Waals surface area contributed by atoms with Crippen LogP contribution in [-0.4, -0.2) is 18.2 Å². The van der Waals surface area contributed by atoms with Gasteiger partial charge in [-0.1, -0.05) is 12.5 Å². The monoisotopic (exact) mass is 258 g/mol. The minimum absolute atomic E-state index is 0.190. The molecule has 1 spiro atoms. The van der Waals surface area contributed by atoms with E-state index in [2.05, 4.69) is 28.7 Å². The fourth-order valence-corrected chi connectivity index (χ4v) is 4.18. The van der Waals surface area contributed by atoms with Crippen LogP contribution in [0.4, 0.5) is 0 Å². The topological polar surface area (TPSA) is 24.5 Å². The second-order valence-electron chi connectivity index (χ2n) is 6.15. The molecule has 1 N–H and O–H groups in total. The molecule has 0 radical (unpaired) electrons. The van der Waals surface area contributed by atoms with Crippen LogP contribution in [-0.2, 0) is 4.74 Å². The van der Waals surface area contributed by atoms with Crippen molar-refractivity contribution in [3.63, 3.8) is 0 Å². The third-order valence-corrected chi connectivity index (χ3v) is 5.15. The van der Waals surface area contributed by atoms with Gasteiger partial charge in [0, 0.05) is 18.8 Å². The van der Waals surface area contributed by atoms with Crippen molar-refractivity contribution in [2.75, 3.05) is 7.05 Å². The molecule has 4 aliphatic rings. The summed E-state index contributed by atoms with van der Waals surface area (Å²) in [5.41, 5.74) is 3.23. The molecule has 1 saturated heterocycles. The highest BCUT2D eigenvalue weighted by Gasteiger charge is 2.52. The van der Waals surface area contributed by atoms with Crippen molar-refractivity contribution in [3.05, 3.63) is 35.5 Å². The molecule has 102 valence electrons. The Labute approximate surface area is 115 Å². The Hall–Kier alpha value is -1.22. The molecule has 3 aliphatic heterocycles. The first-order chi connectivity index (χ1) is 9.33. The molecule has 0 aromatic carbocycles. The number of hydrogen-bond donors (Lipinski definition) is 1. The first-order valence-corrected chi connectivity index (χ1v) is 7.57. The zero-order valence-electron chi connectivity index (χ0n) is 11.6. The Balaban J connectivity index is 1.84. The van der Waals surface area contributed by atoms with E-state index in [1.165, 1.54) is 37.1 Å². The zero-order valence-corrected chi connectivity index (χ0v) is 11.6. The Morgan fingerprint density at radius 1 is 1.37 bits per heavy atom. The molecule has 3 heterocycles. The van der Waals surface area contributed by atoms with Gasteiger partial charge in [0.05, 0.1) is 11.1 Å². The summed E-state index contributed by atoms with van der Waals surface area (Å²) in [5, 5.41) is 3.32. The van der Waals surface area contributed by atoms with Crippen LogP contribution in [0.15, 0.2) is 35.5 Å². The second-order valence-corrected chi connectivity index (χ2v) is 6.15. The summed E-state index contributed by atoms with van der Waals surface area (Å²) in [4.78, 5) is 2.32. The molecule has 4 rings (SSSR count). The molecule has 0 aromatic rings. The summed E-state index contributed by atoms with van der Waals surface area (Å²) in [5.74, 6) is 1.29. The minimum atomic E-state index is 0.190. The fourth-order valence-electron chi connectivity index (χ4n) is 4.18. The van der Waals surface area contributed by atoms with Crippen molar-refractivity contribution >= 4 is 0 Å². The number of allylic oxidation sites excluding steroid dienone is 3. The average molecular weight is 258 g/mol. The maximum absolute atomic E-state index is 6.30. The largest absolute Gasteiger partial charge is 0.477 e. The molecule has 2 unspecified atom stereocenters. The summed E-state index contributed by atoms with van der Waals surface area (Å²) in [6.45, 7) is 0. The maximum Gasteiger partial charge on any atom is 0.150 e. The van der Waals surface area contributed by atoms with Crippen LogP contribution in [0, 0.1) is 5.41 Å². The van der Waals surface area contributed by atoms with Crippen LogP contribution >= 0.6 is 0 Å². The van der Waals surface area contributed by atoms with Gasteiger partial charge >= 0.3 is 0 Å². The molecule has 2 atom stereocenters. The Morgan fingerprint density at radius 2 is 2.32 bits per heavy atom. The van der Waals surface area contributed by atoms with Crippen LogP contribution in [0.2, 0.25) is 0 Å². The molecule has 3 nitrogen and oxygen atoms in total. The molecule has 1 aliphatic carbocycles. The molecule has 2 fully saturated rings. The number of rotatable bonds is 1. The normalized spacial score (nSPS) is 36.4. The number of ether oxygens (including phenoxy) is 1. The first kappa shape index (κ1) is 11.6. The highest BCUT2D eigenvalue weighted by Crippen LogP contribution is 2.58. The van der Waals surface area contributed by atoms with Gasteiger partial charge in [0.15, 0.2) is 6.23 Å². The molecule has 1 saturated carbocycles. The maximum atomic E-state index is 6.30. The van der Waals surface area contributed by atoms with Crippen molar-refractivity contribution in [3.8, 4) is 0 Å². The van der Waals surface area contributed by atoms with Gasteiger partial charge in [0.25, 0.3) is 0 Å². The summed E-state index contributed by atoms with van der Waals surface area (Å²) >= 11 is 0. The Kier molecular flexibility index (Phi) is 2.52. The first-order valence-electron chi connectivity index (χ1n) is 7.57. The molecular formula is C16H22N2O. The second kappa shape index (κ2) is 4.14. The number of hydrogen-bond acceptors (Lipinski definition) is 3. The lowest BCUT2D eigenvalue weighted by Crippen LogP contribution is -2.34. The van der Waals surface area contributed by atoms with Crippen molar-refractivity contribution in [2.45, 2.75) is 51.2 Å². The number of nitrogens with one attached hydrogen (secondary N) is 1. The predicted octanol–water partition coefficient (Wildman–Crippen LogP) is 3.23. The van der Waals surface area contributed by atoms with E-state index in [0.717, 1.165) is 19.3 Å². The van der Waals surface area contributed by atoms with Gasteiger partial charge in [-0.2, -0.15) is 0 Å². The van der Waals surface area contributed by atoms with Gasteiger partial charge in [-0.25, -0.2) is 0 Å². The third kappa shape index (κ3) is 1.54. The summed E-state index contributed by atoms with van der Waals surface area (Å²) < 4.78 is 6.30. The van der Waals surface area contributed by atoms with E-state index in [-0.39, 0.29) is 11.6 Å². The van der Waals surface area contributed by atoms with Crippen molar-refractivity contribution in [1.82, 2.24) is 10.2 Å². The van der Waals surface area contributed by atoms with Crippen LogP contribution in [0.5, 0.6) is 0 Å². The van der Waals surface area contributed by atoms with E-state index in [4.69, 9.17) is 4.74 Å². The van der Waals surface area contributed by atoms with Gasteiger partial charge in [-0.15, -0.1) is 0 Å². The van der Waals surface area contributed by atoms with Crippen LogP contribution in [0.3, 0.4) is 0 Å². The van der Waals surface area contributed by atoms with E-state index in [1.807, 2.05) is 7.05 Å². The Morgan fingerprint density at radius 3 is 3.21 bits per heavy atom. The fraction of sp³-hybridized carbons (Fsp3) is 0.625. The predicted molar refractivity (Wildman–Crippen MR) is 74.8 cm³/mol. The molecular weight excluding hydrogens is 236 g/mol. The lowest BCUT2D eigenvalue weighted by molar-refractivity contribution is 0.126. The smallest absolute Gasteiger partial charge is 0.150 e. The quantitative estimate of drug-likeness (QED) is 0.781. The highest BCUT2D eigenvalue weighted by molar-refractivity contribution is 5.40. The van der Waals surface area contributed by atoms with Crippen LogP contribution in [0.25, 0.3) is 0 Å². The average Bonchev–Trinajstić information content (AvgIpc) is 2.84. The standard InChI is InChI=1S/C16H22N2O/c1-17-14-10-16-8-4-2-6-12(16)11-18-9-5-3-7-13(18)15(16)19-14/h5,9,11,14,17H,2-4,6-8,10H2,1H3. The van der Waals surface area contributed by atoms with Gasteiger partial charge in [0.2, 0.25) is 0 Å². The molecule has 3 heteroatoms. The SMILES string of the molecule is CNC1CC23CCCCC2=CN2C=CCCC2=C3O1. The van der Waals surface area contributed by atoms with E-state index < -0.39 is 0 Å². The van der Waals surface area contributed by atoms with Crippen molar-refractivity contribution in [2.24, 2.45) is 5.41 Å². The summed E-state index contributed by atoms with van der Waals surface area (Å²) in [7, 11) is 2.01. The van der Waals surface area contributed by atoms with Gasteiger partial charge in [0.1, 0.15) is 5.76 Å². The summed E-state index contributed by atoms with van der Waals surface area (Å²) in [6, 6.07) is 0.